The quantitative estimate of drug-likeness (QED) is 0.144. The fourth-order valence-electron chi connectivity index (χ4n) is 12.5. The highest BCUT2D eigenvalue weighted by Gasteiger charge is 2.39. The second kappa shape index (κ2) is 21.5. The number of hydrogen-bond acceptors (Lipinski definition) is 4. The fraction of sp³-hybridized carbons (Fsp3) is 0.298. The molecule has 1 aliphatic heterocycles. The maximum atomic E-state index is 10.6. The van der Waals surface area contributed by atoms with Crippen LogP contribution in [0.5, 0.6) is 11.5 Å². The van der Waals surface area contributed by atoms with E-state index in [9.17, 15) is 16.4 Å². The van der Waals surface area contributed by atoms with Gasteiger partial charge < -0.3 is 14.5 Å². The van der Waals surface area contributed by atoms with Gasteiger partial charge in [0.2, 0.25) is 0 Å². The molecule has 13 rings (SSSR count). The lowest BCUT2D eigenvalue weighted by atomic mass is 9.63. The van der Waals surface area contributed by atoms with E-state index in [1.807, 2.05) is 147 Å². The predicted molar refractivity (Wildman–Crippen MR) is 379 cm³/mol. The van der Waals surface area contributed by atoms with Crippen LogP contribution >= 0.6 is 0 Å². The molecule has 89 heavy (non-hydrogen) atoms. The monoisotopic (exact) mass is 1190 g/mol. The van der Waals surface area contributed by atoms with Gasteiger partial charge in [0.15, 0.2) is 0 Å². The van der Waals surface area contributed by atoms with Crippen LogP contribution in [-0.4, -0.2) is 16.2 Å². The first-order valence-electron chi connectivity index (χ1n) is 40.2. The number of rotatable bonds is 9. The van der Waals surface area contributed by atoms with Crippen molar-refractivity contribution in [2.75, 3.05) is 16.5 Å². The Kier molecular flexibility index (Phi) is 9.87. The lowest BCUT2D eigenvalue weighted by Gasteiger charge is -2.42. The zero-order valence-electron chi connectivity index (χ0n) is 73.0. The number of para-hydroxylation sites is 3. The maximum Gasteiger partial charge on any atom is 0.137 e. The minimum atomic E-state index is -0.878. The van der Waals surface area contributed by atoms with Gasteiger partial charge in [-0.1, -0.05) is 238 Å². The summed E-state index contributed by atoms with van der Waals surface area (Å²) in [5, 5.41) is 0.664. The molecule has 0 atom stereocenters. The largest absolute Gasteiger partial charge is 0.457 e. The molecule has 0 radical (unpaired) electrons. The topological polar surface area (TPSA) is 33.5 Å². The third-order valence-corrected chi connectivity index (χ3v) is 17.7. The molecule has 11 aromatic rings. The van der Waals surface area contributed by atoms with E-state index >= 15 is 0 Å². The Morgan fingerprint density at radius 3 is 1.72 bits per heavy atom. The molecular formula is C84H88N4O. The third-order valence-electron chi connectivity index (χ3n) is 17.7. The first kappa shape index (κ1) is 40.8. The van der Waals surface area contributed by atoms with E-state index in [0.29, 0.717) is 96.1 Å². The van der Waals surface area contributed by atoms with Crippen molar-refractivity contribution in [3.63, 3.8) is 0 Å². The highest BCUT2D eigenvalue weighted by Crippen LogP contribution is 2.54. The van der Waals surface area contributed by atoms with Crippen LogP contribution in [0.25, 0.3) is 72.1 Å². The number of pyridine rings is 1. The summed E-state index contributed by atoms with van der Waals surface area (Å²) in [6.45, 7) is 31.2. The molecule has 0 spiro atoms. The summed E-state index contributed by atoms with van der Waals surface area (Å²) in [6, 6.07) is 19.2. The first-order chi connectivity index (χ1) is 50.1. The summed E-state index contributed by atoms with van der Waals surface area (Å²) >= 11 is 0. The van der Waals surface area contributed by atoms with Crippen LogP contribution in [0.1, 0.15) is 183 Å². The zero-order chi connectivity index (χ0) is 79.3. The highest BCUT2D eigenvalue weighted by molar-refractivity contribution is 6.09. The number of nitrogens with zero attached hydrogens (tertiary/aromatic N) is 4. The summed E-state index contributed by atoms with van der Waals surface area (Å²) in [5.41, 5.74) is 2.35. The van der Waals surface area contributed by atoms with Crippen molar-refractivity contribution in [1.82, 2.24) is 9.55 Å². The Morgan fingerprint density at radius 1 is 0.449 bits per heavy atom. The summed E-state index contributed by atoms with van der Waals surface area (Å²) in [5.74, 6) is 0.877. The molecule has 2 aliphatic rings. The second-order valence-corrected chi connectivity index (χ2v) is 29.3. The maximum absolute atomic E-state index is 10.6. The van der Waals surface area contributed by atoms with Gasteiger partial charge in [-0.25, -0.2) is 4.98 Å². The Hall–Kier alpha value is -8.67. The van der Waals surface area contributed by atoms with E-state index in [1.54, 1.807) is 34.9 Å². The first-order valence-corrected chi connectivity index (χ1v) is 30.7. The standard InChI is InChI=1S/C84H88N4O/c1-79(2,3)58-38-40-63(70(48-58)81(7,8)9)55-33-35-56(36-34-55)66-46-59(80(4,5)6)47-67(57-37-42-69-72(45-57)84(15,16)44-43-83(69,13)14)78(66)87-53-86(74-31-22-23-32-75(74)87)60-27-24-28-61(49-60)89-62-39-41-65-64-29-20-21-30-73(64)88(76(65)50-62)77-51-71(82(10,11)12)68(52-85-77)54-25-18-17-19-26-54/h17-42,45-52H,43-44,53H2,1-16H3/i17D,18D,19D,20D,21D,25D,26D,29D,30D,33D,34D,35D,36D,37D,38D,40D,42D,45D,48D. The van der Waals surface area contributed by atoms with Crippen LogP contribution in [0.2, 0.25) is 0 Å². The lowest BCUT2D eigenvalue weighted by molar-refractivity contribution is 0.332. The number of anilines is 4. The summed E-state index contributed by atoms with van der Waals surface area (Å²) in [4.78, 5) is 8.91. The average molecular weight is 1190 g/mol. The van der Waals surface area contributed by atoms with E-state index in [2.05, 4.69) is 27.7 Å². The van der Waals surface area contributed by atoms with Crippen LogP contribution in [0.3, 0.4) is 0 Å². The van der Waals surface area contributed by atoms with Crippen molar-refractivity contribution < 1.29 is 30.8 Å². The van der Waals surface area contributed by atoms with Crippen molar-refractivity contribution in [1.29, 1.82) is 0 Å². The summed E-state index contributed by atoms with van der Waals surface area (Å²) in [7, 11) is 0. The van der Waals surface area contributed by atoms with Crippen molar-refractivity contribution in [2.24, 2.45) is 0 Å². The smallest absolute Gasteiger partial charge is 0.137 e. The van der Waals surface area contributed by atoms with Crippen LogP contribution in [-0.2, 0) is 32.5 Å². The molecule has 0 amide bonds. The molecule has 5 nitrogen and oxygen atoms in total. The van der Waals surface area contributed by atoms with Crippen molar-refractivity contribution in [3.8, 4) is 61.8 Å². The van der Waals surface area contributed by atoms with Gasteiger partial charge in [-0.2, -0.15) is 0 Å². The van der Waals surface area contributed by atoms with Gasteiger partial charge in [0.1, 0.15) is 24.0 Å². The van der Waals surface area contributed by atoms with Gasteiger partial charge in [0.25, 0.3) is 0 Å². The Bertz CT molecular complexity index is 5650. The van der Waals surface area contributed by atoms with Crippen LogP contribution in [0, 0.1) is 0 Å². The summed E-state index contributed by atoms with van der Waals surface area (Å²) < 4.78 is 189. The fourth-order valence-corrected chi connectivity index (χ4v) is 12.5. The van der Waals surface area contributed by atoms with E-state index in [-0.39, 0.29) is 105 Å². The summed E-state index contributed by atoms with van der Waals surface area (Å²) in [6.07, 6.45) is 2.86. The van der Waals surface area contributed by atoms with Crippen molar-refractivity contribution >= 4 is 44.6 Å². The van der Waals surface area contributed by atoms with Gasteiger partial charge in [-0.15, -0.1) is 0 Å². The van der Waals surface area contributed by atoms with Gasteiger partial charge in [0, 0.05) is 51.5 Å². The number of fused-ring (bicyclic) bond motifs is 5. The van der Waals surface area contributed by atoms with Gasteiger partial charge in [-0.3, -0.25) is 4.57 Å². The molecule has 0 fully saturated rings. The van der Waals surface area contributed by atoms with Gasteiger partial charge >= 0.3 is 0 Å². The molecule has 9 aromatic carbocycles. The highest BCUT2D eigenvalue weighted by atomic mass is 16.5. The molecule has 0 bridgehead atoms. The molecule has 0 saturated carbocycles. The number of ether oxygens (including phenoxy) is 1. The molecule has 3 heterocycles. The Labute approximate surface area is 556 Å². The molecule has 5 heteroatoms. The lowest BCUT2D eigenvalue weighted by Crippen LogP contribution is -2.33. The molecule has 0 unspecified atom stereocenters. The minimum Gasteiger partial charge on any atom is -0.457 e. The van der Waals surface area contributed by atoms with E-state index in [4.69, 9.17) is 19.3 Å². The SMILES string of the molecule is [2H]c1c([2H])c([2H])c(-c2cnc(-n3c4cc(Oc5cccc(N6CN(c7c(-c8c([2H])c([2H])c(-c9c([2H])c([2H])c(C(C)(C)C)c([2H])c9C(C)(C)C)c([2H])c8[2H])cc(C(C)(C)C)cc7-c7c([2H])c([2H])c8c(c7[2H])C(C)(C)CCC8(C)C)c7ccccc76)c5)ccc4c4c([2H])c([2H])c([2H])c([2H])c43)cc2C(C)(C)C)c([2H])c1[2H]. The van der Waals surface area contributed by atoms with Crippen molar-refractivity contribution in [3.05, 3.63) is 239 Å². The van der Waals surface area contributed by atoms with Gasteiger partial charge in [0.05, 0.1) is 54.1 Å². The van der Waals surface area contributed by atoms with Crippen LogP contribution in [0.4, 0.5) is 22.7 Å². The van der Waals surface area contributed by atoms with Crippen molar-refractivity contribution in [2.45, 2.75) is 156 Å². The molecule has 0 N–H and O–H groups in total. The Morgan fingerprint density at radius 2 is 1.04 bits per heavy atom. The zero-order valence-corrected chi connectivity index (χ0v) is 54.0. The molecular weight excluding hydrogens is 1080 g/mol. The minimum absolute atomic E-state index is 0.00913. The normalized spacial score (nSPS) is 18.0. The number of benzene rings is 9. The van der Waals surface area contributed by atoms with E-state index < -0.39 is 99.0 Å². The number of hydrogen-bond donors (Lipinski definition) is 0. The van der Waals surface area contributed by atoms with E-state index in [0.717, 1.165) is 6.42 Å². The van der Waals surface area contributed by atoms with E-state index in [1.165, 1.54) is 6.20 Å². The van der Waals surface area contributed by atoms with Crippen LogP contribution < -0.4 is 14.5 Å². The number of aromatic nitrogens is 2. The average Bonchev–Trinajstić information content (AvgIpc) is 1.72. The predicted octanol–water partition coefficient (Wildman–Crippen LogP) is 23.4. The molecule has 2 aromatic heterocycles. The molecule has 1 aliphatic carbocycles. The second-order valence-electron chi connectivity index (χ2n) is 29.3. The van der Waals surface area contributed by atoms with Crippen LogP contribution in [0.15, 0.2) is 206 Å². The third kappa shape index (κ3) is 10.9. The van der Waals surface area contributed by atoms with Gasteiger partial charge in [-0.05, 0) is 167 Å². The molecule has 0 saturated heterocycles. The molecule has 450 valence electrons. The Balaban J connectivity index is 1.01.